The molecule has 0 amide bonds. The normalized spacial score (nSPS) is 18.9. The summed E-state index contributed by atoms with van der Waals surface area (Å²) in [6.45, 7) is 2.60. The van der Waals surface area contributed by atoms with Crippen molar-refractivity contribution in [1.29, 1.82) is 0 Å². The number of hydrogen-bond acceptors (Lipinski definition) is 2. The fourth-order valence-corrected chi connectivity index (χ4v) is 2.91. The quantitative estimate of drug-likeness (QED) is 0.527. The molecule has 0 radical (unpaired) electrons. The van der Waals surface area contributed by atoms with E-state index in [1.807, 2.05) is 24.3 Å². The van der Waals surface area contributed by atoms with Gasteiger partial charge in [0.05, 0.1) is 15.9 Å². The highest BCUT2D eigenvalue weighted by molar-refractivity contribution is 14.1. The summed E-state index contributed by atoms with van der Waals surface area (Å²) in [6, 6.07) is 0. The average molecular weight is 334 g/mol. The van der Waals surface area contributed by atoms with Gasteiger partial charge in [0.1, 0.15) is 0 Å². The fraction of sp³-hybridized carbons (Fsp3) is 0.615. The Morgan fingerprint density at radius 3 is 2.56 bits per heavy atom. The van der Waals surface area contributed by atoms with Gasteiger partial charge in [-0.25, -0.2) is 0 Å². The molecule has 0 spiro atoms. The summed E-state index contributed by atoms with van der Waals surface area (Å²) in [5.41, 5.74) is -0.506. The third-order valence-electron chi connectivity index (χ3n) is 2.84. The molecule has 3 heteroatoms. The van der Waals surface area contributed by atoms with Crippen LogP contribution in [0.5, 0.6) is 0 Å². The molecule has 0 aromatic heterocycles. The SMILES string of the molecule is CCCCC(I)C(=O)C1(COC)C=CC=C1. The molecule has 1 unspecified atom stereocenters. The van der Waals surface area contributed by atoms with E-state index in [1.165, 1.54) is 0 Å². The minimum atomic E-state index is -0.506. The van der Waals surface area contributed by atoms with E-state index >= 15 is 0 Å². The Labute approximate surface area is 111 Å². The van der Waals surface area contributed by atoms with Crippen molar-refractivity contribution in [2.24, 2.45) is 5.41 Å². The van der Waals surface area contributed by atoms with Gasteiger partial charge in [-0.15, -0.1) is 0 Å². The number of hydrogen-bond donors (Lipinski definition) is 0. The summed E-state index contributed by atoms with van der Waals surface area (Å²) in [5, 5.41) is 0. The number of ketones is 1. The molecule has 1 aliphatic carbocycles. The molecule has 0 saturated carbocycles. The lowest BCUT2D eigenvalue weighted by molar-refractivity contribution is -0.125. The number of Topliss-reactive ketones (excluding diaryl/α,β-unsaturated/α-hetero) is 1. The molecule has 90 valence electrons. The van der Waals surface area contributed by atoms with Crippen LogP contribution < -0.4 is 0 Å². The first-order chi connectivity index (χ1) is 7.66. The van der Waals surface area contributed by atoms with Crippen molar-refractivity contribution in [3.63, 3.8) is 0 Å². The Morgan fingerprint density at radius 2 is 2.06 bits per heavy atom. The van der Waals surface area contributed by atoms with Gasteiger partial charge in [0.15, 0.2) is 5.78 Å². The Hall–Kier alpha value is -0.160. The highest BCUT2D eigenvalue weighted by Crippen LogP contribution is 2.32. The van der Waals surface area contributed by atoms with E-state index in [0.717, 1.165) is 19.3 Å². The van der Waals surface area contributed by atoms with Gasteiger partial charge in [0, 0.05) is 7.11 Å². The third-order valence-corrected chi connectivity index (χ3v) is 4.02. The van der Waals surface area contributed by atoms with Gasteiger partial charge in [-0.3, -0.25) is 4.79 Å². The van der Waals surface area contributed by atoms with Crippen LogP contribution in [0.4, 0.5) is 0 Å². The fourth-order valence-electron chi connectivity index (χ4n) is 1.89. The maximum atomic E-state index is 12.4. The number of ether oxygens (including phenoxy) is 1. The summed E-state index contributed by atoms with van der Waals surface area (Å²) >= 11 is 2.26. The maximum Gasteiger partial charge on any atom is 0.161 e. The van der Waals surface area contributed by atoms with E-state index in [-0.39, 0.29) is 9.71 Å². The summed E-state index contributed by atoms with van der Waals surface area (Å²) in [7, 11) is 1.64. The third kappa shape index (κ3) is 3.17. The monoisotopic (exact) mass is 334 g/mol. The molecule has 16 heavy (non-hydrogen) atoms. The summed E-state index contributed by atoms with van der Waals surface area (Å²) in [5.74, 6) is 0.272. The molecule has 0 fully saturated rings. The number of unbranched alkanes of at least 4 members (excludes halogenated alkanes) is 1. The first-order valence-corrected chi connectivity index (χ1v) is 6.95. The number of carbonyl (C=O) groups excluding carboxylic acids is 1. The van der Waals surface area contributed by atoms with Crippen molar-refractivity contribution < 1.29 is 9.53 Å². The Bertz CT molecular complexity index is 282. The number of rotatable bonds is 7. The first-order valence-electron chi connectivity index (χ1n) is 5.70. The molecule has 0 saturated heterocycles. The van der Waals surface area contributed by atoms with Crippen molar-refractivity contribution >= 4 is 28.4 Å². The Morgan fingerprint density at radius 1 is 1.44 bits per heavy atom. The summed E-state index contributed by atoms with van der Waals surface area (Å²) in [6.07, 6.45) is 11.0. The van der Waals surface area contributed by atoms with E-state index in [0.29, 0.717) is 6.61 Å². The second-order valence-electron chi connectivity index (χ2n) is 4.17. The molecule has 1 rings (SSSR count). The topological polar surface area (TPSA) is 26.3 Å². The van der Waals surface area contributed by atoms with Crippen molar-refractivity contribution in [2.75, 3.05) is 13.7 Å². The number of allylic oxidation sites excluding steroid dienone is 2. The molecular formula is C13H19IO2. The molecule has 0 heterocycles. The van der Waals surface area contributed by atoms with Crippen molar-refractivity contribution in [3.8, 4) is 0 Å². The van der Waals surface area contributed by atoms with Gasteiger partial charge in [0.25, 0.3) is 0 Å². The predicted octanol–water partition coefficient (Wildman–Crippen LogP) is 3.31. The van der Waals surface area contributed by atoms with Crippen LogP contribution in [-0.2, 0) is 9.53 Å². The van der Waals surface area contributed by atoms with E-state index in [2.05, 4.69) is 29.5 Å². The first kappa shape index (κ1) is 13.9. The number of alkyl halides is 1. The molecule has 0 aliphatic heterocycles. The number of halogens is 1. The smallest absolute Gasteiger partial charge is 0.161 e. The lowest BCUT2D eigenvalue weighted by Gasteiger charge is -2.25. The van der Waals surface area contributed by atoms with Crippen LogP contribution in [0.2, 0.25) is 0 Å². The van der Waals surface area contributed by atoms with Gasteiger partial charge in [0.2, 0.25) is 0 Å². The van der Waals surface area contributed by atoms with E-state index < -0.39 is 5.41 Å². The lowest BCUT2D eigenvalue weighted by Crippen LogP contribution is -2.36. The average Bonchev–Trinajstić information content (AvgIpc) is 2.75. The minimum Gasteiger partial charge on any atom is -0.383 e. The van der Waals surface area contributed by atoms with Gasteiger partial charge in [-0.2, -0.15) is 0 Å². The lowest BCUT2D eigenvalue weighted by atomic mass is 9.83. The van der Waals surface area contributed by atoms with E-state index in [9.17, 15) is 4.79 Å². The highest BCUT2D eigenvalue weighted by atomic mass is 127. The van der Waals surface area contributed by atoms with Crippen LogP contribution in [-0.4, -0.2) is 23.4 Å². The van der Waals surface area contributed by atoms with Crippen molar-refractivity contribution in [3.05, 3.63) is 24.3 Å². The molecule has 0 bridgehead atoms. The molecular weight excluding hydrogens is 315 g/mol. The van der Waals surface area contributed by atoms with Gasteiger partial charge < -0.3 is 4.74 Å². The van der Waals surface area contributed by atoms with Crippen LogP contribution in [0.25, 0.3) is 0 Å². The predicted molar refractivity (Wildman–Crippen MR) is 74.9 cm³/mol. The maximum absolute atomic E-state index is 12.4. The van der Waals surface area contributed by atoms with E-state index in [4.69, 9.17) is 4.74 Å². The van der Waals surface area contributed by atoms with E-state index in [1.54, 1.807) is 7.11 Å². The van der Waals surface area contributed by atoms with Crippen LogP contribution >= 0.6 is 22.6 Å². The second kappa shape index (κ2) is 6.55. The largest absolute Gasteiger partial charge is 0.383 e. The van der Waals surface area contributed by atoms with Crippen molar-refractivity contribution in [2.45, 2.75) is 30.1 Å². The molecule has 2 nitrogen and oxygen atoms in total. The zero-order valence-electron chi connectivity index (χ0n) is 9.91. The molecule has 0 aromatic rings. The van der Waals surface area contributed by atoms with Crippen LogP contribution in [0.3, 0.4) is 0 Å². The van der Waals surface area contributed by atoms with Gasteiger partial charge in [-0.05, 0) is 6.42 Å². The van der Waals surface area contributed by atoms with Crippen LogP contribution in [0.1, 0.15) is 26.2 Å². The second-order valence-corrected chi connectivity index (χ2v) is 5.67. The van der Waals surface area contributed by atoms with Crippen LogP contribution in [0, 0.1) is 5.41 Å². The highest BCUT2D eigenvalue weighted by Gasteiger charge is 2.37. The van der Waals surface area contributed by atoms with Crippen LogP contribution in [0.15, 0.2) is 24.3 Å². The molecule has 1 aliphatic rings. The Balaban J connectivity index is 2.68. The standard InChI is InChI=1S/C13H19IO2/c1-3-4-7-11(14)12(15)13(10-16-2)8-5-6-9-13/h5-6,8-9,11H,3-4,7,10H2,1-2H3. The van der Waals surface area contributed by atoms with Crippen molar-refractivity contribution in [1.82, 2.24) is 0 Å². The summed E-state index contributed by atoms with van der Waals surface area (Å²) in [4.78, 5) is 12.4. The minimum absolute atomic E-state index is 0.0834. The number of carbonyl (C=O) groups is 1. The van der Waals surface area contributed by atoms with Gasteiger partial charge >= 0.3 is 0 Å². The summed E-state index contributed by atoms with van der Waals surface area (Å²) < 4.78 is 5.26. The molecule has 1 atom stereocenters. The Kier molecular flexibility index (Phi) is 5.69. The zero-order valence-corrected chi connectivity index (χ0v) is 12.1. The van der Waals surface area contributed by atoms with Gasteiger partial charge in [-0.1, -0.05) is 66.7 Å². The molecule has 0 N–H and O–H groups in total. The molecule has 0 aromatic carbocycles. The zero-order chi connectivity index (χ0) is 12.0. The number of methoxy groups -OCH3 is 1.